The fraction of sp³-hybridized carbons (Fsp3) is 0.375. The minimum atomic E-state index is -0.926. The van der Waals surface area contributed by atoms with Gasteiger partial charge in [0.15, 0.2) is 0 Å². The number of carbonyl (C=O) groups excluding carboxylic acids is 3. The smallest absolute Gasteiger partial charge is 0.248 e. The second-order valence-corrected chi connectivity index (χ2v) is 10.1. The predicted octanol–water partition coefficient (Wildman–Crippen LogP) is 5.43. The number of rotatable bonds is 12. The quantitative estimate of drug-likeness (QED) is 0.307. The van der Waals surface area contributed by atoms with Crippen molar-refractivity contribution in [2.75, 3.05) is 24.4 Å². The highest BCUT2D eigenvalue weighted by Gasteiger charge is 2.34. The summed E-state index contributed by atoms with van der Waals surface area (Å²) in [6, 6.07) is 18.7. The van der Waals surface area contributed by atoms with E-state index in [1.807, 2.05) is 12.1 Å². The summed E-state index contributed by atoms with van der Waals surface area (Å²) in [5, 5.41) is 5.96. The summed E-state index contributed by atoms with van der Waals surface area (Å²) in [4.78, 5) is 46.1. The van der Waals surface area contributed by atoms with Gasteiger partial charge in [0.1, 0.15) is 23.4 Å². The molecule has 3 aromatic rings. The van der Waals surface area contributed by atoms with Crippen molar-refractivity contribution in [3.63, 3.8) is 0 Å². The number of methoxy groups -OCH3 is 2. The summed E-state index contributed by atoms with van der Waals surface area (Å²) in [5.41, 5.74) is 1.19. The van der Waals surface area contributed by atoms with Gasteiger partial charge in [-0.25, -0.2) is 4.98 Å². The number of hydrogen-bond donors (Lipinski definition) is 2. The van der Waals surface area contributed by atoms with Gasteiger partial charge in [0, 0.05) is 36.8 Å². The van der Waals surface area contributed by atoms with Crippen molar-refractivity contribution in [1.29, 1.82) is 0 Å². The molecule has 1 aromatic heterocycles. The monoisotopic (exact) mass is 558 g/mol. The number of benzene rings is 2. The maximum absolute atomic E-state index is 14.0. The topological polar surface area (TPSA) is 110 Å². The lowest BCUT2D eigenvalue weighted by Gasteiger charge is -2.33. The van der Waals surface area contributed by atoms with E-state index in [4.69, 9.17) is 9.47 Å². The zero-order chi connectivity index (χ0) is 29.0. The van der Waals surface area contributed by atoms with E-state index >= 15 is 0 Å². The van der Waals surface area contributed by atoms with E-state index in [0.717, 1.165) is 32.1 Å². The Morgan fingerprint density at radius 3 is 2.34 bits per heavy atom. The molecule has 1 saturated carbocycles. The van der Waals surface area contributed by atoms with Crippen LogP contribution in [0.4, 0.5) is 11.5 Å². The number of hydrogen-bond acceptors (Lipinski definition) is 6. The first-order valence-corrected chi connectivity index (χ1v) is 14.1. The summed E-state index contributed by atoms with van der Waals surface area (Å²) in [7, 11) is 3.14. The van der Waals surface area contributed by atoms with Crippen molar-refractivity contribution in [2.45, 2.75) is 63.5 Å². The molecule has 9 nitrogen and oxygen atoms in total. The van der Waals surface area contributed by atoms with Crippen LogP contribution in [0.1, 0.15) is 63.0 Å². The van der Waals surface area contributed by atoms with E-state index in [1.54, 1.807) is 75.0 Å². The number of ether oxygens (including phenoxy) is 2. The number of carbonyl (C=O) groups is 3. The van der Waals surface area contributed by atoms with Gasteiger partial charge in [-0.05, 0) is 61.2 Å². The number of nitrogens with one attached hydrogen (secondary N) is 2. The molecule has 9 heteroatoms. The lowest BCUT2D eigenvalue weighted by molar-refractivity contribution is -0.127. The number of aromatic nitrogens is 1. The van der Waals surface area contributed by atoms with Crippen LogP contribution in [0.3, 0.4) is 0 Å². The number of pyridine rings is 1. The number of anilines is 2. The Balaban J connectivity index is 1.60. The van der Waals surface area contributed by atoms with Crippen molar-refractivity contribution in [3.05, 3.63) is 78.5 Å². The molecule has 0 bridgehead atoms. The van der Waals surface area contributed by atoms with Crippen LogP contribution >= 0.6 is 0 Å². The number of nitrogens with zero attached hydrogens (tertiary/aromatic N) is 2. The van der Waals surface area contributed by atoms with Crippen molar-refractivity contribution < 1.29 is 23.9 Å². The van der Waals surface area contributed by atoms with E-state index < -0.39 is 6.04 Å². The lowest BCUT2D eigenvalue weighted by atomic mass is 9.94. The van der Waals surface area contributed by atoms with E-state index in [2.05, 4.69) is 15.6 Å². The van der Waals surface area contributed by atoms with Gasteiger partial charge in [-0.1, -0.05) is 43.5 Å². The molecule has 1 atom stereocenters. The molecule has 4 rings (SSSR count). The van der Waals surface area contributed by atoms with Crippen LogP contribution < -0.4 is 25.0 Å². The zero-order valence-corrected chi connectivity index (χ0v) is 23.7. The second-order valence-electron chi connectivity index (χ2n) is 10.1. The third-order valence-corrected chi connectivity index (χ3v) is 7.22. The fourth-order valence-electron chi connectivity index (χ4n) is 5.09. The van der Waals surface area contributed by atoms with Crippen LogP contribution in [0.15, 0.2) is 72.9 Å². The minimum Gasteiger partial charge on any atom is -0.497 e. The molecule has 2 N–H and O–H groups in total. The Morgan fingerprint density at radius 2 is 1.66 bits per heavy atom. The van der Waals surface area contributed by atoms with Gasteiger partial charge < -0.3 is 20.1 Å². The first-order chi connectivity index (χ1) is 20.0. The van der Waals surface area contributed by atoms with E-state index in [1.165, 1.54) is 4.90 Å². The molecule has 0 saturated heterocycles. The lowest BCUT2D eigenvalue weighted by Crippen LogP contribution is -2.47. The van der Waals surface area contributed by atoms with Gasteiger partial charge in [0.2, 0.25) is 17.7 Å². The van der Waals surface area contributed by atoms with Gasteiger partial charge in [0.25, 0.3) is 0 Å². The Morgan fingerprint density at radius 1 is 0.902 bits per heavy atom. The molecule has 1 heterocycles. The van der Waals surface area contributed by atoms with Gasteiger partial charge in [-0.3, -0.25) is 19.3 Å². The summed E-state index contributed by atoms with van der Waals surface area (Å²) < 4.78 is 10.8. The molecule has 1 fully saturated rings. The minimum absolute atomic E-state index is 0.0644. The Labute approximate surface area is 241 Å². The Kier molecular flexibility index (Phi) is 10.7. The fourth-order valence-corrected chi connectivity index (χ4v) is 5.09. The van der Waals surface area contributed by atoms with Gasteiger partial charge in [-0.2, -0.15) is 0 Å². The standard InChI is InChI=1S/C32H38N4O5/c1-40-26-19-17-23(18-20-26)31(32(39)34-24-10-4-3-5-11-24)36(25-12-8-13-27(22-25)41-2)30(38)16-9-15-29(37)35-28-14-6-7-21-33-28/h6-8,12-14,17-22,24,31H,3-5,9-11,15-16H2,1-2H3,(H,34,39)(H,33,35,37). The average molecular weight is 559 g/mol. The van der Waals surface area contributed by atoms with Crippen molar-refractivity contribution in [2.24, 2.45) is 0 Å². The van der Waals surface area contributed by atoms with E-state index in [-0.39, 0.29) is 36.6 Å². The molecule has 0 aliphatic heterocycles. The Bertz CT molecular complexity index is 1290. The van der Waals surface area contributed by atoms with Crippen LogP contribution in [-0.2, 0) is 14.4 Å². The molecular weight excluding hydrogens is 520 g/mol. The zero-order valence-electron chi connectivity index (χ0n) is 23.7. The second kappa shape index (κ2) is 14.8. The molecule has 0 spiro atoms. The molecule has 2 aromatic carbocycles. The van der Waals surface area contributed by atoms with Gasteiger partial charge in [-0.15, -0.1) is 0 Å². The first-order valence-electron chi connectivity index (χ1n) is 14.1. The van der Waals surface area contributed by atoms with E-state index in [9.17, 15) is 14.4 Å². The van der Waals surface area contributed by atoms with Crippen molar-refractivity contribution in [1.82, 2.24) is 10.3 Å². The third-order valence-electron chi connectivity index (χ3n) is 7.22. The van der Waals surface area contributed by atoms with E-state index in [0.29, 0.717) is 35.0 Å². The summed E-state index contributed by atoms with van der Waals surface area (Å²) in [5.74, 6) is 0.927. The van der Waals surface area contributed by atoms with Crippen molar-refractivity contribution >= 4 is 29.2 Å². The molecule has 0 radical (unpaired) electrons. The molecular formula is C32H38N4O5. The molecule has 216 valence electrons. The highest BCUT2D eigenvalue weighted by Crippen LogP contribution is 2.33. The summed E-state index contributed by atoms with van der Waals surface area (Å²) >= 11 is 0. The highest BCUT2D eigenvalue weighted by molar-refractivity contribution is 6.01. The van der Waals surface area contributed by atoms with Crippen LogP contribution in [0.5, 0.6) is 11.5 Å². The van der Waals surface area contributed by atoms with Crippen LogP contribution in [0.25, 0.3) is 0 Å². The van der Waals surface area contributed by atoms with Crippen molar-refractivity contribution in [3.8, 4) is 11.5 Å². The van der Waals surface area contributed by atoms with Crippen LogP contribution in [0.2, 0.25) is 0 Å². The highest BCUT2D eigenvalue weighted by atomic mass is 16.5. The SMILES string of the molecule is COc1ccc(C(C(=O)NC2CCCCC2)N(C(=O)CCCC(=O)Nc2ccccn2)c2cccc(OC)c2)cc1. The maximum Gasteiger partial charge on any atom is 0.248 e. The number of amides is 3. The first kappa shape index (κ1) is 29.6. The molecule has 41 heavy (non-hydrogen) atoms. The Hall–Kier alpha value is -4.40. The van der Waals surface area contributed by atoms with Gasteiger partial charge >= 0.3 is 0 Å². The van der Waals surface area contributed by atoms with Gasteiger partial charge in [0.05, 0.1) is 14.2 Å². The average Bonchev–Trinajstić information content (AvgIpc) is 3.00. The normalized spacial score (nSPS) is 14.0. The molecule has 1 aliphatic carbocycles. The molecule has 1 aliphatic rings. The molecule has 1 unspecified atom stereocenters. The maximum atomic E-state index is 14.0. The molecule has 3 amide bonds. The largest absolute Gasteiger partial charge is 0.497 e. The predicted molar refractivity (Wildman–Crippen MR) is 158 cm³/mol. The van der Waals surface area contributed by atoms with Crippen LogP contribution in [-0.4, -0.2) is 43.0 Å². The summed E-state index contributed by atoms with van der Waals surface area (Å²) in [6.45, 7) is 0. The third kappa shape index (κ3) is 8.30. The summed E-state index contributed by atoms with van der Waals surface area (Å²) in [6.07, 6.45) is 7.23. The van der Waals surface area contributed by atoms with Crippen LogP contribution in [0, 0.1) is 0 Å².